The van der Waals surface area contributed by atoms with Gasteiger partial charge in [0.05, 0.1) is 16.2 Å². The van der Waals surface area contributed by atoms with Crippen LogP contribution in [0.1, 0.15) is 55.5 Å². The third-order valence-corrected chi connectivity index (χ3v) is 6.65. The van der Waals surface area contributed by atoms with Gasteiger partial charge in [-0.05, 0) is 48.1 Å². The van der Waals surface area contributed by atoms with Crippen molar-refractivity contribution in [3.8, 4) is 5.75 Å². The van der Waals surface area contributed by atoms with E-state index in [1.54, 1.807) is 24.3 Å². The number of nitrogens with two attached hydrogens (primary N) is 1. The molecule has 0 spiro atoms. The van der Waals surface area contributed by atoms with E-state index in [-0.39, 0.29) is 28.4 Å². The number of phenols is 1. The zero-order valence-electron chi connectivity index (χ0n) is 21.9. The van der Waals surface area contributed by atoms with Gasteiger partial charge in [-0.3, -0.25) is 14.9 Å². The molecule has 0 radical (unpaired) electrons. The van der Waals surface area contributed by atoms with Crippen LogP contribution >= 0.6 is 0 Å². The number of nitrogens with one attached hydrogen (secondary N) is 1. The molecule has 0 aromatic heterocycles. The van der Waals surface area contributed by atoms with Crippen LogP contribution in [-0.2, 0) is 5.54 Å². The number of benzene rings is 4. The highest BCUT2D eigenvalue weighted by molar-refractivity contribution is 6.11. The number of hydrogen-bond acceptors (Lipinski definition) is 7. The minimum Gasteiger partial charge on any atom is -0.505 e. The van der Waals surface area contributed by atoms with Crippen LogP contribution in [0, 0.1) is 10.1 Å². The van der Waals surface area contributed by atoms with E-state index in [4.69, 9.17) is 5.73 Å². The van der Waals surface area contributed by atoms with Gasteiger partial charge in [0.1, 0.15) is 5.69 Å². The van der Waals surface area contributed by atoms with Gasteiger partial charge >= 0.3 is 0 Å². The molecule has 0 saturated heterocycles. The summed E-state index contributed by atoms with van der Waals surface area (Å²) in [6.45, 7) is 4.24. The SMILES string of the molecule is CCCC(N)(CCC)c1ccc(N=Nc2c(O)c(C(=O)Nc3cccc([N+](=O)[O-])c3)cc3ccccc23)cc1. The lowest BCUT2D eigenvalue weighted by molar-refractivity contribution is -0.384. The predicted octanol–water partition coefficient (Wildman–Crippen LogP) is 7.88. The van der Waals surface area contributed by atoms with Crippen LogP contribution in [0.4, 0.5) is 22.7 Å². The van der Waals surface area contributed by atoms with Gasteiger partial charge in [-0.25, -0.2) is 0 Å². The van der Waals surface area contributed by atoms with Gasteiger partial charge in [0.15, 0.2) is 5.75 Å². The summed E-state index contributed by atoms with van der Waals surface area (Å²) >= 11 is 0. The molecule has 39 heavy (non-hydrogen) atoms. The lowest BCUT2D eigenvalue weighted by atomic mass is 9.83. The number of aromatic hydroxyl groups is 1. The number of nitro groups is 1. The first-order valence-corrected chi connectivity index (χ1v) is 12.9. The fourth-order valence-electron chi connectivity index (χ4n) is 4.76. The third kappa shape index (κ3) is 6.10. The molecule has 4 N–H and O–H groups in total. The summed E-state index contributed by atoms with van der Waals surface area (Å²) < 4.78 is 0. The number of nitrogens with zero attached hydrogens (tertiary/aromatic N) is 3. The summed E-state index contributed by atoms with van der Waals surface area (Å²) in [5, 5.41) is 34.8. The molecule has 4 aromatic rings. The zero-order chi connectivity index (χ0) is 28.0. The van der Waals surface area contributed by atoms with Gasteiger partial charge in [0.2, 0.25) is 0 Å². The van der Waals surface area contributed by atoms with Crippen LogP contribution in [-0.4, -0.2) is 15.9 Å². The predicted molar refractivity (Wildman–Crippen MR) is 153 cm³/mol. The second-order valence-corrected chi connectivity index (χ2v) is 9.51. The van der Waals surface area contributed by atoms with Crippen molar-refractivity contribution in [2.45, 2.75) is 45.1 Å². The molecule has 4 rings (SSSR count). The monoisotopic (exact) mass is 525 g/mol. The summed E-state index contributed by atoms with van der Waals surface area (Å²) in [7, 11) is 0. The maximum Gasteiger partial charge on any atom is 0.271 e. The first-order chi connectivity index (χ1) is 18.8. The van der Waals surface area contributed by atoms with Crippen LogP contribution in [0.3, 0.4) is 0 Å². The van der Waals surface area contributed by atoms with E-state index in [0.717, 1.165) is 31.2 Å². The van der Waals surface area contributed by atoms with Crippen molar-refractivity contribution in [2.24, 2.45) is 16.0 Å². The van der Waals surface area contributed by atoms with Crippen molar-refractivity contribution >= 4 is 39.4 Å². The Hall–Kier alpha value is -4.63. The number of fused-ring (bicyclic) bond motifs is 1. The molecule has 1 amide bonds. The van der Waals surface area contributed by atoms with Crippen molar-refractivity contribution in [3.05, 3.63) is 100 Å². The minimum absolute atomic E-state index is 0.0310. The molecule has 0 aliphatic rings. The molecule has 0 bridgehead atoms. The van der Waals surface area contributed by atoms with Gasteiger partial charge in [-0.15, -0.1) is 5.11 Å². The van der Waals surface area contributed by atoms with E-state index in [9.17, 15) is 20.0 Å². The summed E-state index contributed by atoms with van der Waals surface area (Å²) in [6, 6.07) is 21.9. The first-order valence-electron chi connectivity index (χ1n) is 12.9. The molecule has 9 heteroatoms. The second-order valence-electron chi connectivity index (χ2n) is 9.51. The number of carbonyl (C=O) groups is 1. The van der Waals surface area contributed by atoms with Crippen molar-refractivity contribution < 1.29 is 14.8 Å². The molecule has 0 atom stereocenters. The van der Waals surface area contributed by atoms with Gasteiger partial charge in [-0.1, -0.05) is 69.2 Å². The Morgan fingerprint density at radius 3 is 2.33 bits per heavy atom. The highest BCUT2D eigenvalue weighted by Crippen LogP contribution is 2.40. The molecule has 0 aliphatic heterocycles. The number of non-ortho nitro benzene ring substituents is 1. The molecular weight excluding hydrogens is 494 g/mol. The number of azo groups is 1. The van der Waals surface area contributed by atoms with Crippen molar-refractivity contribution in [1.82, 2.24) is 0 Å². The molecule has 0 aliphatic carbocycles. The number of amides is 1. The summed E-state index contributed by atoms with van der Waals surface area (Å²) in [4.78, 5) is 23.6. The van der Waals surface area contributed by atoms with E-state index < -0.39 is 16.4 Å². The molecular formula is C30H31N5O4. The fraction of sp³-hybridized carbons (Fsp3) is 0.233. The minimum atomic E-state index is -0.634. The lowest BCUT2D eigenvalue weighted by Gasteiger charge is -2.29. The average Bonchev–Trinajstić information content (AvgIpc) is 2.93. The maximum atomic E-state index is 13.1. The third-order valence-electron chi connectivity index (χ3n) is 6.65. The van der Waals surface area contributed by atoms with Gasteiger partial charge in [0, 0.05) is 28.7 Å². The zero-order valence-corrected chi connectivity index (χ0v) is 21.9. The van der Waals surface area contributed by atoms with E-state index in [2.05, 4.69) is 29.4 Å². The Labute approximate surface area is 226 Å². The van der Waals surface area contributed by atoms with Crippen LogP contribution in [0.2, 0.25) is 0 Å². The van der Waals surface area contributed by atoms with Crippen molar-refractivity contribution in [2.75, 3.05) is 5.32 Å². The fourth-order valence-corrected chi connectivity index (χ4v) is 4.76. The Bertz CT molecular complexity index is 1530. The molecule has 0 fully saturated rings. The topological polar surface area (TPSA) is 143 Å². The molecule has 9 nitrogen and oxygen atoms in total. The van der Waals surface area contributed by atoms with Crippen LogP contribution in [0.5, 0.6) is 5.75 Å². The first kappa shape index (κ1) is 27.4. The smallest absolute Gasteiger partial charge is 0.271 e. The number of rotatable bonds is 10. The van der Waals surface area contributed by atoms with E-state index in [1.807, 2.05) is 30.3 Å². The van der Waals surface area contributed by atoms with Gasteiger partial charge in [0.25, 0.3) is 11.6 Å². The second kappa shape index (κ2) is 11.8. The molecule has 200 valence electrons. The van der Waals surface area contributed by atoms with E-state index in [1.165, 1.54) is 24.3 Å². The molecule has 0 unspecified atom stereocenters. The lowest BCUT2D eigenvalue weighted by Crippen LogP contribution is -2.36. The van der Waals surface area contributed by atoms with Crippen LogP contribution in [0.15, 0.2) is 89.1 Å². The van der Waals surface area contributed by atoms with Crippen molar-refractivity contribution in [1.29, 1.82) is 0 Å². The largest absolute Gasteiger partial charge is 0.505 e. The van der Waals surface area contributed by atoms with Crippen LogP contribution < -0.4 is 11.1 Å². The molecule has 4 aromatic carbocycles. The summed E-state index contributed by atoms with van der Waals surface area (Å²) in [5.74, 6) is -0.977. The van der Waals surface area contributed by atoms with Gasteiger partial charge < -0.3 is 16.2 Å². The van der Waals surface area contributed by atoms with Gasteiger partial charge in [-0.2, -0.15) is 5.11 Å². The number of anilines is 1. The quantitative estimate of drug-likeness (QED) is 0.110. The number of hydrogen-bond donors (Lipinski definition) is 3. The number of nitro benzene ring substituents is 1. The highest BCUT2D eigenvalue weighted by Gasteiger charge is 2.25. The maximum absolute atomic E-state index is 13.1. The summed E-state index contributed by atoms with van der Waals surface area (Å²) in [6.07, 6.45) is 3.73. The Balaban J connectivity index is 1.67. The Morgan fingerprint density at radius 1 is 0.974 bits per heavy atom. The summed E-state index contributed by atoms with van der Waals surface area (Å²) in [5.41, 5.74) is 8.10. The van der Waals surface area contributed by atoms with Crippen molar-refractivity contribution in [3.63, 3.8) is 0 Å². The Kier molecular flexibility index (Phi) is 8.31. The number of carbonyl (C=O) groups excluding carboxylic acids is 1. The standard InChI is InChI=1S/C30H31N5O4/c1-3-16-30(31,17-4-2)21-12-14-22(15-13-21)33-34-27-25-11-6-5-8-20(25)18-26(28(27)36)29(37)32-23-9-7-10-24(19-23)35(38)39/h5-15,18-19,36H,3-4,16-17,31H2,1-2H3,(H,32,37). The molecule has 0 heterocycles. The van der Waals surface area contributed by atoms with Crippen LogP contribution in [0.25, 0.3) is 10.8 Å². The normalized spacial score (nSPS) is 11.7. The van der Waals surface area contributed by atoms with E-state index in [0.29, 0.717) is 16.5 Å². The highest BCUT2D eigenvalue weighted by atomic mass is 16.6. The molecule has 0 saturated carbocycles. The van der Waals surface area contributed by atoms with E-state index >= 15 is 0 Å². The average molecular weight is 526 g/mol. The number of phenolic OH excluding ortho intramolecular Hbond substituents is 1. The Morgan fingerprint density at radius 2 is 1.67 bits per heavy atom.